The van der Waals surface area contributed by atoms with Crippen molar-refractivity contribution in [3.63, 3.8) is 0 Å². The summed E-state index contributed by atoms with van der Waals surface area (Å²) in [6, 6.07) is 4.15. The Bertz CT molecular complexity index is 380. The SMILES string of the molecule is CCCC=CSC1CCN(c2cccnc2)CCN1. The maximum atomic E-state index is 4.20. The number of anilines is 1. The highest BCUT2D eigenvalue weighted by atomic mass is 32.2. The van der Waals surface area contributed by atoms with E-state index < -0.39 is 0 Å². The lowest BCUT2D eigenvalue weighted by Crippen LogP contribution is -2.28. The Balaban J connectivity index is 1.81. The molecule has 1 N–H and O–H groups in total. The fraction of sp³-hybridized carbons (Fsp3) is 0.533. The Morgan fingerprint density at radius 1 is 1.53 bits per heavy atom. The average Bonchev–Trinajstić information content (AvgIpc) is 2.70. The van der Waals surface area contributed by atoms with Gasteiger partial charge in [-0.25, -0.2) is 0 Å². The third-order valence-electron chi connectivity index (χ3n) is 3.22. The highest BCUT2D eigenvalue weighted by Crippen LogP contribution is 2.19. The van der Waals surface area contributed by atoms with E-state index in [1.54, 1.807) is 0 Å². The molecule has 0 spiro atoms. The van der Waals surface area contributed by atoms with Crippen LogP contribution in [0.3, 0.4) is 0 Å². The zero-order valence-electron chi connectivity index (χ0n) is 11.6. The number of unbranched alkanes of at least 4 members (excludes halogenated alkanes) is 1. The van der Waals surface area contributed by atoms with Crippen molar-refractivity contribution in [1.82, 2.24) is 10.3 Å². The van der Waals surface area contributed by atoms with Crippen LogP contribution >= 0.6 is 11.8 Å². The van der Waals surface area contributed by atoms with Crippen LogP contribution in [0.15, 0.2) is 36.0 Å². The van der Waals surface area contributed by atoms with Crippen LogP contribution in [0, 0.1) is 0 Å². The average molecular weight is 277 g/mol. The first-order valence-corrected chi connectivity index (χ1v) is 8.03. The number of aromatic nitrogens is 1. The van der Waals surface area contributed by atoms with Crippen molar-refractivity contribution in [1.29, 1.82) is 0 Å². The lowest BCUT2D eigenvalue weighted by molar-refractivity contribution is 0.679. The topological polar surface area (TPSA) is 28.2 Å². The van der Waals surface area contributed by atoms with Crippen molar-refractivity contribution in [3.8, 4) is 0 Å². The molecule has 1 fully saturated rings. The second-order valence-corrected chi connectivity index (χ2v) is 5.84. The third kappa shape index (κ3) is 4.88. The number of pyridine rings is 1. The van der Waals surface area contributed by atoms with Crippen molar-refractivity contribution in [3.05, 3.63) is 36.0 Å². The molecule has 1 aliphatic heterocycles. The highest BCUT2D eigenvalue weighted by Gasteiger charge is 2.16. The van der Waals surface area contributed by atoms with Gasteiger partial charge in [0, 0.05) is 25.8 Å². The number of thioether (sulfide) groups is 1. The molecule has 0 saturated carbocycles. The largest absolute Gasteiger partial charge is 0.369 e. The molecule has 1 aromatic heterocycles. The lowest BCUT2D eigenvalue weighted by Gasteiger charge is -2.21. The summed E-state index contributed by atoms with van der Waals surface area (Å²) in [4.78, 5) is 6.61. The Hall–Kier alpha value is -1.00. The Morgan fingerprint density at radius 3 is 3.26 bits per heavy atom. The molecule has 1 aromatic rings. The van der Waals surface area contributed by atoms with Gasteiger partial charge in [0.25, 0.3) is 0 Å². The molecular formula is C15H23N3S. The third-order valence-corrected chi connectivity index (χ3v) is 4.30. The number of hydrogen-bond donors (Lipinski definition) is 1. The molecule has 2 heterocycles. The van der Waals surface area contributed by atoms with Gasteiger partial charge in [0.15, 0.2) is 0 Å². The minimum Gasteiger partial charge on any atom is -0.369 e. The van der Waals surface area contributed by atoms with Gasteiger partial charge in [-0.05, 0) is 30.4 Å². The molecule has 1 aliphatic rings. The molecule has 104 valence electrons. The van der Waals surface area contributed by atoms with Gasteiger partial charge in [0.1, 0.15) is 0 Å². The summed E-state index contributed by atoms with van der Waals surface area (Å²) in [5.41, 5.74) is 1.23. The normalized spacial score (nSPS) is 20.7. The van der Waals surface area contributed by atoms with E-state index in [2.05, 4.69) is 39.7 Å². The van der Waals surface area contributed by atoms with E-state index in [4.69, 9.17) is 0 Å². The van der Waals surface area contributed by atoms with Crippen LogP contribution < -0.4 is 10.2 Å². The summed E-state index contributed by atoms with van der Waals surface area (Å²) in [7, 11) is 0. The summed E-state index contributed by atoms with van der Waals surface area (Å²) in [5.74, 6) is 0. The van der Waals surface area contributed by atoms with E-state index in [0.29, 0.717) is 5.37 Å². The summed E-state index contributed by atoms with van der Waals surface area (Å²) in [6.45, 7) is 5.40. The first kappa shape index (κ1) is 14.4. The van der Waals surface area contributed by atoms with Crippen molar-refractivity contribution in [2.45, 2.75) is 31.6 Å². The molecule has 1 unspecified atom stereocenters. The second kappa shape index (κ2) is 8.23. The summed E-state index contributed by atoms with van der Waals surface area (Å²) < 4.78 is 0. The van der Waals surface area contributed by atoms with E-state index in [1.165, 1.54) is 18.5 Å². The van der Waals surface area contributed by atoms with Gasteiger partial charge >= 0.3 is 0 Å². The van der Waals surface area contributed by atoms with Crippen LogP contribution in [-0.2, 0) is 0 Å². The van der Waals surface area contributed by atoms with E-state index in [1.807, 2.05) is 30.2 Å². The highest BCUT2D eigenvalue weighted by molar-refractivity contribution is 8.02. The van der Waals surface area contributed by atoms with E-state index in [-0.39, 0.29) is 0 Å². The quantitative estimate of drug-likeness (QED) is 0.894. The number of rotatable bonds is 5. The van der Waals surface area contributed by atoms with Gasteiger partial charge < -0.3 is 10.2 Å². The van der Waals surface area contributed by atoms with Crippen LogP contribution in [0.25, 0.3) is 0 Å². The smallest absolute Gasteiger partial charge is 0.0591 e. The first-order valence-electron chi connectivity index (χ1n) is 7.09. The van der Waals surface area contributed by atoms with Crippen molar-refractivity contribution >= 4 is 17.4 Å². The molecule has 0 aliphatic carbocycles. The molecular weight excluding hydrogens is 254 g/mol. The summed E-state index contributed by atoms with van der Waals surface area (Å²) in [5, 5.41) is 6.40. The van der Waals surface area contributed by atoms with Crippen LogP contribution in [0.5, 0.6) is 0 Å². The van der Waals surface area contributed by atoms with Gasteiger partial charge in [-0.3, -0.25) is 4.98 Å². The van der Waals surface area contributed by atoms with Crippen LogP contribution in [-0.4, -0.2) is 30.0 Å². The molecule has 2 rings (SSSR count). The fourth-order valence-corrected chi connectivity index (χ4v) is 3.04. The molecule has 1 atom stereocenters. The molecule has 0 aromatic carbocycles. The number of hydrogen-bond acceptors (Lipinski definition) is 4. The first-order chi connectivity index (χ1) is 9.40. The molecule has 4 heteroatoms. The Morgan fingerprint density at radius 2 is 2.47 bits per heavy atom. The van der Waals surface area contributed by atoms with Crippen molar-refractivity contribution in [2.75, 3.05) is 24.5 Å². The molecule has 19 heavy (non-hydrogen) atoms. The molecule has 0 bridgehead atoms. The Labute approximate surface area is 120 Å². The number of nitrogens with one attached hydrogen (secondary N) is 1. The van der Waals surface area contributed by atoms with Crippen molar-refractivity contribution in [2.24, 2.45) is 0 Å². The monoisotopic (exact) mass is 277 g/mol. The summed E-state index contributed by atoms with van der Waals surface area (Å²) in [6.07, 6.45) is 9.63. The molecule has 0 amide bonds. The van der Waals surface area contributed by atoms with Crippen LogP contribution in [0.4, 0.5) is 5.69 Å². The maximum Gasteiger partial charge on any atom is 0.0591 e. The van der Waals surface area contributed by atoms with E-state index >= 15 is 0 Å². The van der Waals surface area contributed by atoms with Crippen LogP contribution in [0.2, 0.25) is 0 Å². The zero-order valence-corrected chi connectivity index (χ0v) is 12.4. The van der Waals surface area contributed by atoms with Crippen molar-refractivity contribution < 1.29 is 0 Å². The molecule has 3 nitrogen and oxygen atoms in total. The van der Waals surface area contributed by atoms with Gasteiger partial charge in [-0.2, -0.15) is 0 Å². The molecule has 0 radical (unpaired) electrons. The second-order valence-electron chi connectivity index (χ2n) is 4.73. The number of allylic oxidation sites excluding steroid dienone is 1. The van der Waals surface area contributed by atoms with Gasteiger partial charge in [-0.1, -0.05) is 19.4 Å². The van der Waals surface area contributed by atoms with E-state index in [0.717, 1.165) is 26.1 Å². The lowest BCUT2D eigenvalue weighted by atomic mass is 10.3. The van der Waals surface area contributed by atoms with Gasteiger partial charge in [-0.15, -0.1) is 11.8 Å². The van der Waals surface area contributed by atoms with Crippen LogP contribution in [0.1, 0.15) is 26.2 Å². The fourth-order valence-electron chi connectivity index (χ4n) is 2.15. The van der Waals surface area contributed by atoms with Gasteiger partial charge in [0.2, 0.25) is 0 Å². The minimum absolute atomic E-state index is 0.537. The minimum atomic E-state index is 0.537. The summed E-state index contributed by atoms with van der Waals surface area (Å²) >= 11 is 1.91. The predicted octanol–water partition coefficient (Wildman–Crippen LogP) is 3.25. The van der Waals surface area contributed by atoms with E-state index in [9.17, 15) is 0 Å². The zero-order chi connectivity index (χ0) is 13.3. The number of nitrogens with zero attached hydrogens (tertiary/aromatic N) is 2. The predicted molar refractivity (Wildman–Crippen MR) is 84.5 cm³/mol. The van der Waals surface area contributed by atoms with Gasteiger partial charge in [0.05, 0.1) is 17.3 Å². The Kier molecular flexibility index (Phi) is 6.24. The maximum absolute atomic E-state index is 4.20. The standard InChI is InChI=1S/C15H23N3S/c1-2-3-4-12-19-15-7-10-18(11-9-17-15)14-6-5-8-16-13-14/h4-6,8,12-13,15,17H,2-3,7,9-11H2,1H3. The molecule has 1 saturated heterocycles.